The van der Waals surface area contributed by atoms with Crippen molar-refractivity contribution >= 4 is 15.9 Å². The van der Waals surface area contributed by atoms with Crippen LogP contribution in [-0.2, 0) is 10.0 Å². The van der Waals surface area contributed by atoms with Gasteiger partial charge >= 0.3 is 0 Å². The van der Waals surface area contributed by atoms with E-state index in [-0.39, 0.29) is 17.7 Å². The van der Waals surface area contributed by atoms with Crippen LogP contribution in [0, 0.1) is 5.92 Å². The first-order valence-electron chi connectivity index (χ1n) is 7.33. The first-order valence-corrected chi connectivity index (χ1v) is 8.88. The summed E-state index contributed by atoms with van der Waals surface area (Å²) in [6.07, 6.45) is 3.22. The molecule has 3 rings (SSSR count). The molecule has 2 aromatic rings. The summed E-state index contributed by atoms with van der Waals surface area (Å²) in [4.78, 5) is 14.4. The molecule has 1 fully saturated rings. The van der Waals surface area contributed by atoms with Crippen LogP contribution in [0.5, 0.6) is 0 Å². The molecular formula is C15H18N2O5S. The van der Waals surface area contributed by atoms with Gasteiger partial charge < -0.3 is 13.7 Å². The molecule has 2 N–H and O–H groups in total. The van der Waals surface area contributed by atoms with E-state index in [1.54, 1.807) is 17.2 Å². The average Bonchev–Trinajstić information content (AvgIpc) is 3.17. The van der Waals surface area contributed by atoms with Gasteiger partial charge in [0.1, 0.15) is 5.76 Å². The predicted molar refractivity (Wildman–Crippen MR) is 81.0 cm³/mol. The van der Waals surface area contributed by atoms with Gasteiger partial charge in [0.2, 0.25) is 5.09 Å². The number of likely N-dealkylation sites (tertiary alicyclic amines) is 1. The molecule has 3 heterocycles. The van der Waals surface area contributed by atoms with Crippen LogP contribution in [0.3, 0.4) is 0 Å². The normalized spacial score (nSPS) is 22.3. The quantitative estimate of drug-likeness (QED) is 0.922. The van der Waals surface area contributed by atoms with E-state index >= 15 is 0 Å². The van der Waals surface area contributed by atoms with E-state index in [1.807, 2.05) is 6.07 Å². The van der Waals surface area contributed by atoms with E-state index in [4.69, 9.17) is 14.0 Å². The molecule has 0 saturated carbocycles. The summed E-state index contributed by atoms with van der Waals surface area (Å²) >= 11 is 0. The molecule has 8 heteroatoms. The Balaban J connectivity index is 1.89. The van der Waals surface area contributed by atoms with Crippen molar-refractivity contribution in [3.8, 4) is 0 Å². The summed E-state index contributed by atoms with van der Waals surface area (Å²) in [6.45, 7) is 2.68. The second-order valence-corrected chi connectivity index (χ2v) is 7.32. The van der Waals surface area contributed by atoms with Crippen molar-refractivity contribution in [3.05, 3.63) is 42.0 Å². The number of furan rings is 2. The number of nitrogens with zero attached hydrogens (tertiary/aromatic N) is 1. The number of rotatable bonds is 3. The van der Waals surface area contributed by atoms with Gasteiger partial charge in [-0.05, 0) is 43.0 Å². The lowest BCUT2D eigenvalue weighted by Gasteiger charge is -2.36. The summed E-state index contributed by atoms with van der Waals surface area (Å²) in [5, 5.41) is 4.59. The van der Waals surface area contributed by atoms with Crippen LogP contribution in [0.25, 0.3) is 0 Å². The lowest BCUT2D eigenvalue weighted by molar-refractivity contribution is 0.0484. The third-order valence-electron chi connectivity index (χ3n) is 4.07. The molecule has 0 radical (unpaired) electrons. The molecule has 0 aromatic carbocycles. The highest BCUT2D eigenvalue weighted by Gasteiger charge is 2.34. The largest absolute Gasteiger partial charge is 0.467 e. The Labute approximate surface area is 134 Å². The van der Waals surface area contributed by atoms with Crippen LogP contribution in [0.2, 0.25) is 0 Å². The molecule has 23 heavy (non-hydrogen) atoms. The molecule has 0 aliphatic carbocycles. The zero-order valence-electron chi connectivity index (χ0n) is 12.6. The maximum absolute atomic E-state index is 12.7. The van der Waals surface area contributed by atoms with Gasteiger partial charge in [0.15, 0.2) is 5.76 Å². The predicted octanol–water partition coefficient (Wildman–Crippen LogP) is 2.13. The molecule has 1 amide bonds. The highest BCUT2D eigenvalue weighted by molar-refractivity contribution is 7.89. The van der Waals surface area contributed by atoms with E-state index in [2.05, 4.69) is 6.92 Å². The van der Waals surface area contributed by atoms with E-state index in [0.29, 0.717) is 18.2 Å². The van der Waals surface area contributed by atoms with Crippen molar-refractivity contribution in [1.82, 2.24) is 4.90 Å². The fourth-order valence-electron chi connectivity index (χ4n) is 2.86. The zero-order valence-corrected chi connectivity index (χ0v) is 13.5. The third-order valence-corrected chi connectivity index (χ3v) is 4.85. The molecule has 124 valence electrons. The standard InChI is InChI=1S/C15H18N2O5S/c1-10-6-7-17(11(9-10)12-3-2-8-21-12)15(18)13-4-5-14(22-13)23(16,19)20/h2-5,8,10-11H,6-7,9H2,1H3,(H2,16,19,20)/t10-,11-/m0/s1. The number of piperidine rings is 1. The lowest BCUT2D eigenvalue weighted by atomic mass is 9.91. The van der Waals surface area contributed by atoms with Crippen molar-refractivity contribution in [2.75, 3.05) is 6.54 Å². The maximum Gasteiger partial charge on any atom is 0.290 e. The van der Waals surface area contributed by atoms with Gasteiger partial charge in [-0.2, -0.15) is 0 Å². The molecule has 1 saturated heterocycles. The Morgan fingerprint density at radius 3 is 2.74 bits per heavy atom. The number of sulfonamides is 1. The Bertz CT molecular complexity index is 794. The zero-order chi connectivity index (χ0) is 16.6. The summed E-state index contributed by atoms with van der Waals surface area (Å²) in [5.74, 6) is 0.766. The van der Waals surface area contributed by atoms with Crippen LogP contribution < -0.4 is 5.14 Å². The number of amides is 1. The first kappa shape index (κ1) is 15.8. The third kappa shape index (κ3) is 3.18. The van der Waals surface area contributed by atoms with E-state index in [1.165, 1.54) is 12.1 Å². The van der Waals surface area contributed by atoms with Gasteiger partial charge in [-0.25, -0.2) is 13.6 Å². The summed E-state index contributed by atoms with van der Waals surface area (Å²) in [6, 6.07) is 5.95. The maximum atomic E-state index is 12.7. The van der Waals surface area contributed by atoms with Crippen LogP contribution in [-0.4, -0.2) is 25.8 Å². The van der Waals surface area contributed by atoms with Crippen molar-refractivity contribution in [2.45, 2.75) is 30.9 Å². The van der Waals surface area contributed by atoms with Crippen molar-refractivity contribution in [2.24, 2.45) is 11.1 Å². The Morgan fingerprint density at radius 1 is 1.35 bits per heavy atom. The molecule has 7 nitrogen and oxygen atoms in total. The minimum Gasteiger partial charge on any atom is -0.467 e. The van der Waals surface area contributed by atoms with Gasteiger partial charge in [0.05, 0.1) is 12.3 Å². The molecule has 2 aromatic heterocycles. The van der Waals surface area contributed by atoms with E-state index < -0.39 is 15.1 Å². The van der Waals surface area contributed by atoms with Crippen LogP contribution in [0.15, 0.2) is 44.5 Å². The molecule has 0 spiro atoms. The van der Waals surface area contributed by atoms with Crippen molar-refractivity contribution < 1.29 is 22.0 Å². The van der Waals surface area contributed by atoms with Gasteiger partial charge in [-0.3, -0.25) is 4.79 Å². The molecule has 1 aliphatic heterocycles. The Morgan fingerprint density at radius 2 is 2.13 bits per heavy atom. The van der Waals surface area contributed by atoms with Gasteiger partial charge in [-0.15, -0.1) is 0 Å². The molecule has 2 atom stereocenters. The monoisotopic (exact) mass is 338 g/mol. The topological polar surface area (TPSA) is 107 Å². The minimum absolute atomic E-state index is 0.0415. The van der Waals surface area contributed by atoms with Crippen LogP contribution in [0.1, 0.15) is 42.1 Å². The highest BCUT2D eigenvalue weighted by Crippen LogP contribution is 2.35. The lowest BCUT2D eigenvalue weighted by Crippen LogP contribution is -2.40. The number of hydrogen-bond acceptors (Lipinski definition) is 5. The number of carbonyl (C=O) groups excluding carboxylic acids is 1. The molecular weight excluding hydrogens is 320 g/mol. The van der Waals surface area contributed by atoms with Crippen LogP contribution in [0.4, 0.5) is 0 Å². The summed E-state index contributed by atoms with van der Waals surface area (Å²) in [7, 11) is -3.97. The first-order chi connectivity index (χ1) is 10.9. The number of nitrogens with two attached hydrogens (primary N) is 1. The summed E-state index contributed by atoms with van der Waals surface area (Å²) in [5.41, 5.74) is 0. The number of primary sulfonamides is 1. The smallest absolute Gasteiger partial charge is 0.290 e. The minimum atomic E-state index is -3.97. The molecule has 0 bridgehead atoms. The fourth-order valence-corrected chi connectivity index (χ4v) is 3.33. The van der Waals surface area contributed by atoms with E-state index in [9.17, 15) is 13.2 Å². The highest BCUT2D eigenvalue weighted by atomic mass is 32.2. The number of carbonyl (C=O) groups is 1. The van der Waals surface area contributed by atoms with Gasteiger partial charge in [-0.1, -0.05) is 6.92 Å². The summed E-state index contributed by atoms with van der Waals surface area (Å²) < 4.78 is 33.1. The SMILES string of the molecule is C[C@H]1CCN(C(=O)c2ccc(S(N)(=O)=O)o2)[C@H](c2ccco2)C1. The van der Waals surface area contributed by atoms with Gasteiger partial charge in [0.25, 0.3) is 15.9 Å². The fraction of sp³-hybridized carbons (Fsp3) is 0.400. The van der Waals surface area contributed by atoms with Crippen molar-refractivity contribution in [3.63, 3.8) is 0 Å². The average molecular weight is 338 g/mol. The Kier molecular flexibility index (Phi) is 4.03. The Hall–Kier alpha value is -2.06. The van der Waals surface area contributed by atoms with Gasteiger partial charge in [0, 0.05) is 6.54 Å². The van der Waals surface area contributed by atoms with Crippen molar-refractivity contribution in [1.29, 1.82) is 0 Å². The van der Waals surface area contributed by atoms with Crippen LogP contribution >= 0.6 is 0 Å². The second kappa shape index (κ2) is 5.86. The van der Waals surface area contributed by atoms with E-state index in [0.717, 1.165) is 12.8 Å². The number of hydrogen-bond donors (Lipinski definition) is 1. The molecule has 0 unspecified atom stereocenters. The molecule has 1 aliphatic rings. The second-order valence-electron chi connectivity index (χ2n) is 5.82.